The molecular weight excluding hydrogens is 432 g/mol. The molecule has 0 radical (unpaired) electrons. The van der Waals surface area contributed by atoms with Crippen LogP contribution in [-0.4, -0.2) is 20.9 Å². The highest BCUT2D eigenvalue weighted by Gasteiger charge is 2.29. The first-order chi connectivity index (χ1) is 14.9. The molecule has 1 amide bonds. The molecule has 0 aliphatic heterocycles. The zero-order valence-corrected chi connectivity index (χ0v) is 18.4. The molecule has 0 saturated heterocycles. The summed E-state index contributed by atoms with van der Waals surface area (Å²) in [6, 6.07) is 22.5. The van der Waals surface area contributed by atoms with Crippen LogP contribution in [0.5, 0.6) is 0 Å². The topological polar surface area (TPSA) is 66.5 Å². The van der Waals surface area contributed by atoms with Crippen molar-refractivity contribution >= 4 is 33.2 Å². The molecule has 0 unspecified atom stereocenters. The molecule has 4 rings (SSSR count). The Labute approximate surface area is 187 Å². The van der Waals surface area contributed by atoms with Crippen LogP contribution in [0.4, 0.5) is 5.69 Å². The van der Waals surface area contributed by atoms with E-state index in [2.05, 4.69) is 11.4 Å². The summed E-state index contributed by atoms with van der Waals surface area (Å²) in [7, 11) is -3.95. The summed E-state index contributed by atoms with van der Waals surface area (Å²) in [6.07, 6.45) is 2.80. The van der Waals surface area contributed by atoms with Crippen molar-refractivity contribution in [3.8, 4) is 0 Å². The summed E-state index contributed by atoms with van der Waals surface area (Å²) in [4.78, 5) is 13.1. The molecule has 3 aromatic carbocycles. The van der Waals surface area contributed by atoms with Crippen molar-refractivity contribution in [1.82, 2.24) is 5.32 Å². The highest BCUT2D eigenvalue weighted by atomic mass is 35.5. The summed E-state index contributed by atoms with van der Waals surface area (Å²) >= 11 is 5.92. The second kappa shape index (κ2) is 9.12. The van der Waals surface area contributed by atoms with Crippen molar-refractivity contribution in [3.05, 3.63) is 95.0 Å². The van der Waals surface area contributed by atoms with Gasteiger partial charge < -0.3 is 5.32 Å². The fraction of sp³-hybridized carbons (Fsp3) is 0.208. The fourth-order valence-electron chi connectivity index (χ4n) is 3.92. The highest BCUT2D eigenvalue weighted by molar-refractivity contribution is 7.92. The molecule has 0 spiro atoms. The quantitative estimate of drug-likeness (QED) is 0.585. The number of rotatable bonds is 6. The predicted octanol–water partition coefficient (Wildman–Crippen LogP) is 4.73. The number of amides is 1. The molecule has 1 atom stereocenters. The standard InChI is InChI=1S/C24H23ClN2O3S/c25-19-13-15-21(16-14-19)31(29,30)27(20-9-2-1-3-10-20)17-24(28)26-23-12-6-8-18-7-4-5-11-22(18)23/h1-5,7,9-11,13-16,23H,6,8,12,17H2,(H,26,28)/t23-/m0/s1. The van der Waals surface area contributed by atoms with Crippen LogP contribution in [0.1, 0.15) is 30.0 Å². The number of aryl methyl sites for hydroxylation is 1. The van der Waals surface area contributed by atoms with Crippen LogP contribution in [-0.2, 0) is 21.2 Å². The summed E-state index contributed by atoms with van der Waals surface area (Å²) in [5, 5.41) is 3.49. The Kier molecular flexibility index (Phi) is 6.30. The number of anilines is 1. The van der Waals surface area contributed by atoms with Gasteiger partial charge in [-0.1, -0.05) is 54.1 Å². The Bertz CT molecular complexity index is 1160. The first-order valence-corrected chi connectivity index (χ1v) is 12.0. The number of nitrogens with zero attached hydrogens (tertiary/aromatic N) is 1. The summed E-state index contributed by atoms with van der Waals surface area (Å²) in [5.74, 6) is -0.344. The summed E-state index contributed by atoms with van der Waals surface area (Å²) < 4.78 is 27.9. The number of para-hydroxylation sites is 1. The number of hydrogen-bond donors (Lipinski definition) is 1. The Morgan fingerprint density at radius 2 is 1.65 bits per heavy atom. The maximum atomic E-state index is 13.4. The van der Waals surface area contributed by atoms with E-state index in [-0.39, 0.29) is 23.4 Å². The van der Waals surface area contributed by atoms with Gasteiger partial charge in [0.25, 0.3) is 10.0 Å². The zero-order chi connectivity index (χ0) is 21.8. The van der Waals surface area contributed by atoms with Gasteiger partial charge in [-0.25, -0.2) is 8.42 Å². The van der Waals surface area contributed by atoms with Crippen molar-refractivity contribution in [2.75, 3.05) is 10.8 Å². The van der Waals surface area contributed by atoms with Crippen LogP contribution >= 0.6 is 11.6 Å². The molecule has 1 N–H and O–H groups in total. The lowest BCUT2D eigenvalue weighted by molar-refractivity contribution is -0.120. The van der Waals surface area contributed by atoms with Gasteiger partial charge in [-0.3, -0.25) is 9.10 Å². The Hall–Kier alpha value is -2.83. The smallest absolute Gasteiger partial charge is 0.264 e. The number of sulfonamides is 1. The monoisotopic (exact) mass is 454 g/mol. The van der Waals surface area contributed by atoms with Crippen molar-refractivity contribution in [2.45, 2.75) is 30.2 Å². The van der Waals surface area contributed by atoms with Crippen LogP contribution in [0.3, 0.4) is 0 Å². The van der Waals surface area contributed by atoms with Crippen LogP contribution in [0, 0.1) is 0 Å². The molecule has 0 fully saturated rings. The van der Waals surface area contributed by atoms with Crippen LogP contribution < -0.4 is 9.62 Å². The van der Waals surface area contributed by atoms with E-state index in [4.69, 9.17) is 11.6 Å². The van der Waals surface area contributed by atoms with Crippen LogP contribution in [0.2, 0.25) is 5.02 Å². The molecular formula is C24H23ClN2O3S. The molecule has 0 bridgehead atoms. The number of carbonyl (C=O) groups excluding carboxylic acids is 1. The van der Waals surface area contributed by atoms with Crippen LogP contribution in [0.15, 0.2) is 83.8 Å². The maximum Gasteiger partial charge on any atom is 0.264 e. The molecule has 0 aromatic heterocycles. The lowest BCUT2D eigenvalue weighted by atomic mass is 9.88. The van der Waals surface area contributed by atoms with Gasteiger partial charge in [0.1, 0.15) is 6.54 Å². The second-order valence-electron chi connectivity index (χ2n) is 7.51. The maximum absolute atomic E-state index is 13.4. The van der Waals surface area contributed by atoms with Gasteiger partial charge in [0.05, 0.1) is 16.6 Å². The first kappa shape index (κ1) is 21.4. The van der Waals surface area contributed by atoms with Crippen molar-refractivity contribution in [2.24, 2.45) is 0 Å². The van der Waals surface area contributed by atoms with E-state index in [0.29, 0.717) is 10.7 Å². The van der Waals surface area contributed by atoms with E-state index in [1.807, 2.05) is 18.2 Å². The van der Waals surface area contributed by atoms with Gasteiger partial charge in [0, 0.05) is 5.02 Å². The molecule has 1 aliphatic carbocycles. The lowest BCUT2D eigenvalue weighted by Crippen LogP contribution is -2.42. The molecule has 5 nitrogen and oxygen atoms in total. The number of fused-ring (bicyclic) bond motifs is 1. The van der Waals surface area contributed by atoms with Gasteiger partial charge in [-0.15, -0.1) is 0 Å². The van der Waals surface area contributed by atoms with E-state index in [0.717, 1.165) is 29.1 Å². The van der Waals surface area contributed by atoms with E-state index in [1.54, 1.807) is 30.3 Å². The van der Waals surface area contributed by atoms with Crippen molar-refractivity contribution in [1.29, 1.82) is 0 Å². The van der Waals surface area contributed by atoms with Gasteiger partial charge in [-0.2, -0.15) is 0 Å². The van der Waals surface area contributed by atoms with Crippen molar-refractivity contribution < 1.29 is 13.2 Å². The molecule has 1 aliphatic rings. The average molecular weight is 455 g/mol. The lowest BCUT2D eigenvalue weighted by Gasteiger charge is -2.28. The summed E-state index contributed by atoms with van der Waals surface area (Å²) in [5.41, 5.74) is 2.76. The number of carbonyl (C=O) groups is 1. The van der Waals surface area contributed by atoms with Gasteiger partial charge in [-0.05, 0) is 66.8 Å². The van der Waals surface area contributed by atoms with Gasteiger partial charge in [0.2, 0.25) is 5.91 Å². The minimum absolute atomic E-state index is 0.0802. The van der Waals surface area contributed by atoms with Gasteiger partial charge in [0.15, 0.2) is 0 Å². The third-order valence-electron chi connectivity index (χ3n) is 5.44. The SMILES string of the molecule is O=C(CN(c1ccccc1)S(=O)(=O)c1ccc(Cl)cc1)N[C@H]1CCCc2ccccc21. The minimum atomic E-state index is -3.95. The summed E-state index contributed by atoms with van der Waals surface area (Å²) in [6.45, 7) is -0.312. The molecule has 7 heteroatoms. The Morgan fingerprint density at radius 3 is 2.39 bits per heavy atom. The third-order valence-corrected chi connectivity index (χ3v) is 7.48. The normalized spacial score (nSPS) is 15.7. The van der Waals surface area contributed by atoms with E-state index in [1.165, 1.54) is 29.8 Å². The van der Waals surface area contributed by atoms with E-state index in [9.17, 15) is 13.2 Å². The highest BCUT2D eigenvalue weighted by Crippen LogP contribution is 2.30. The average Bonchev–Trinajstić information content (AvgIpc) is 2.78. The fourth-order valence-corrected chi connectivity index (χ4v) is 5.46. The first-order valence-electron chi connectivity index (χ1n) is 10.2. The number of hydrogen-bond acceptors (Lipinski definition) is 3. The minimum Gasteiger partial charge on any atom is -0.348 e. The number of halogens is 1. The second-order valence-corrected chi connectivity index (χ2v) is 9.81. The molecule has 0 heterocycles. The zero-order valence-electron chi connectivity index (χ0n) is 16.9. The van der Waals surface area contributed by atoms with Crippen LogP contribution in [0.25, 0.3) is 0 Å². The largest absolute Gasteiger partial charge is 0.348 e. The third kappa shape index (κ3) is 4.75. The predicted molar refractivity (Wildman–Crippen MR) is 123 cm³/mol. The Balaban J connectivity index is 1.60. The molecule has 0 saturated carbocycles. The molecule has 160 valence electrons. The number of benzene rings is 3. The van der Waals surface area contributed by atoms with Gasteiger partial charge >= 0.3 is 0 Å². The van der Waals surface area contributed by atoms with Crippen molar-refractivity contribution in [3.63, 3.8) is 0 Å². The Morgan fingerprint density at radius 1 is 0.968 bits per heavy atom. The number of nitrogens with one attached hydrogen (secondary N) is 1. The van der Waals surface area contributed by atoms with E-state index >= 15 is 0 Å². The molecule has 3 aromatic rings. The molecule has 31 heavy (non-hydrogen) atoms. The van der Waals surface area contributed by atoms with E-state index < -0.39 is 10.0 Å².